The third-order valence-electron chi connectivity index (χ3n) is 5.44. The van der Waals surface area contributed by atoms with E-state index < -0.39 is 6.10 Å². The van der Waals surface area contributed by atoms with Gasteiger partial charge in [-0.25, -0.2) is 0 Å². The maximum atomic E-state index is 10.7. The molecule has 1 aromatic carbocycles. The number of anilines is 1. The van der Waals surface area contributed by atoms with Crippen molar-refractivity contribution in [1.82, 2.24) is 10.1 Å². The molecule has 0 aliphatic heterocycles. The third kappa shape index (κ3) is 7.19. The molecule has 0 spiro atoms. The molecule has 7 heteroatoms. The Hall–Kier alpha value is -2.61. The van der Waals surface area contributed by atoms with Crippen molar-refractivity contribution in [3.05, 3.63) is 60.1 Å². The smallest absolute Gasteiger partial charge is 0.232 e. The molecular formula is C26H37N3O4. The second kappa shape index (κ2) is 12.6. The number of hydrogen-bond donors (Lipinski definition) is 1. The van der Waals surface area contributed by atoms with Crippen LogP contribution in [-0.2, 0) is 17.8 Å². The van der Waals surface area contributed by atoms with E-state index >= 15 is 0 Å². The molecule has 1 atom stereocenters. The molecule has 0 unspecified atom stereocenters. The van der Waals surface area contributed by atoms with Crippen molar-refractivity contribution in [3.8, 4) is 11.3 Å². The van der Waals surface area contributed by atoms with Crippen LogP contribution in [0.15, 0.2) is 57.7 Å². The maximum Gasteiger partial charge on any atom is 0.232 e. The van der Waals surface area contributed by atoms with E-state index in [1.165, 1.54) is 0 Å². The first-order valence-corrected chi connectivity index (χ1v) is 11.8. The van der Waals surface area contributed by atoms with Crippen molar-refractivity contribution in [1.29, 1.82) is 0 Å². The molecule has 0 saturated heterocycles. The molecule has 2 heterocycles. The van der Waals surface area contributed by atoms with E-state index in [1.54, 1.807) is 6.26 Å². The van der Waals surface area contributed by atoms with Crippen molar-refractivity contribution < 1.29 is 18.8 Å². The average molecular weight is 456 g/mol. The van der Waals surface area contributed by atoms with Crippen molar-refractivity contribution in [3.63, 3.8) is 0 Å². The first kappa shape index (κ1) is 25.0. The van der Waals surface area contributed by atoms with E-state index in [0.29, 0.717) is 38.8 Å². The van der Waals surface area contributed by atoms with Crippen LogP contribution in [0, 0.1) is 5.92 Å². The van der Waals surface area contributed by atoms with E-state index in [0.717, 1.165) is 41.6 Å². The predicted molar refractivity (Wildman–Crippen MR) is 130 cm³/mol. The summed E-state index contributed by atoms with van der Waals surface area (Å²) < 4.78 is 17.2. The molecule has 0 bridgehead atoms. The lowest BCUT2D eigenvalue weighted by atomic mass is 10.1. The quantitative estimate of drug-likeness (QED) is 0.374. The second-order valence-corrected chi connectivity index (χ2v) is 8.69. The fourth-order valence-electron chi connectivity index (χ4n) is 3.85. The van der Waals surface area contributed by atoms with Crippen LogP contribution in [-0.4, -0.2) is 54.1 Å². The van der Waals surface area contributed by atoms with Crippen LogP contribution < -0.4 is 4.90 Å². The molecule has 180 valence electrons. The summed E-state index contributed by atoms with van der Waals surface area (Å²) >= 11 is 0. The monoisotopic (exact) mass is 455 g/mol. The number of rotatable bonds is 14. The molecular weight excluding hydrogens is 418 g/mol. The molecule has 0 radical (unpaired) electrons. The number of nitrogens with zero attached hydrogens (tertiary/aromatic N) is 3. The van der Waals surface area contributed by atoms with Crippen LogP contribution in [0.4, 0.5) is 5.88 Å². The Balaban J connectivity index is 1.87. The SMILES string of the molecule is CCN(CC)c1onc(-c2ccccc2)c1CN(Cc1ccco1)C[C@@H](O)COCC(C)C. The molecule has 2 aromatic heterocycles. The third-order valence-corrected chi connectivity index (χ3v) is 5.44. The van der Waals surface area contributed by atoms with E-state index in [2.05, 4.69) is 42.7 Å². The maximum absolute atomic E-state index is 10.7. The van der Waals surface area contributed by atoms with Gasteiger partial charge in [-0.05, 0) is 31.9 Å². The summed E-state index contributed by atoms with van der Waals surface area (Å²) in [5, 5.41) is 15.1. The fraction of sp³-hybridized carbons (Fsp3) is 0.500. The zero-order valence-corrected chi connectivity index (χ0v) is 20.2. The Bertz CT molecular complexity index is 920. The van der Waals surface area contributed by atoms with Crippen molar-refractivity contribution in [2.24, 2.45) is 5.92 Å². The summed E-state index contributed by atoms with van der Waals surface area (Å²) in [6.07, 6.45) is 1.06. The zero-order valence-electron chi connectivity index (χ0n) is 20.2. The van der Waals surface area contributed by atoms with Gasteiger partial charge in [0.15, 0.2) is 0 Å². The number of furan rings is 1. The zero-order chi connectivity index (χ0) is 23.6. The highest BCUT2D eigenvalue weighted by Gasteiger charge is 2.25. The standard InChI is InChI=1S/C26H37N3O4/c1-5-29(6-2)26-24(25(27-33-26)21-11-8-7-9-12-21)17-28(16-23-13-10-14-32-23)15-22(30)19-31-18-20(3)4/h7-14,20,22,30H,5-6,15-19H2,1-4H3/t22-/m1/s1. The normalized spacial score (nSPS) is 12.6. The Morgan fingerprint density at radius 2 is 1.76 bits per heavy atom. The van der Waals surface area contributed by atoms with E-state index in [9.17, 15) is 5.11 Å². The number of ether oxygens (including phenoxy) is 1. The van der Waals surface area contributed by atoms with Crippen LogP contribution in [0.3, 0.4) is 0 Å². The fourth-order valence-corrected chi connectivity index (χ4v) is 3.85. The number of hydrogen-bond acceptors (Lipinski definition) is 7. The molecule has 7 nitrogen and oxygen atoms in total. The van der Waals surface area contributed by atoms with Gasteiger partial charge in [-0.2, -0.15) is 0 Å². The van der Waals surface area contributed by atoms with Crippen molar-refractivity contribution >= 4 is 5.88 Å². The molecule has 0 saturated carbocycles. The van der Waals surface area contributed by atoms with Crippen LogP contribution >= 0.6 is 0 Å². The van der Waals surface area contributed by atoms with E-state index in [1.807, 2.05) is 42.5 Å². The van der Waals surface area contributed by atoms with Gasteiger partial charge in [-0.3, -0.25) is 4.90 Å². The predicted octanol–water partition coefficient (Wildman–Crippen LogP) is 4.82. The summed E-state index contributed by atoms with van der Waals surface area (Å²) in [5.74, 6) is 2.04. The van der Waals surface area contributed by atoms with Gasteiger partial charge in [0.25, 0.3) is 0 Å². The molecule has 0 aliphatic rings. The van der Waals surface area contributed by atoms with Gasteiger partial charge in [-0.1, -0.05) is 49.3 Å². The minimum atomic E-state index is -0.615. The lowest BCUT2D eigenvalue weighted by molar-refractivity contribution is 0.00462. The summed E-state index contributed by atoms with van der Waals surface area (Å²) in [4.78, 5) is 4.33. The molecule has 0 fully saturated rings. The molecule has 0 aliphatic carbocycles. The van der Waals surface area contributed by atoms with E-state index in [-0.39, 0.29) is 0 Å². The van der Waals surface area contributed by atoms with Gasteiger partial charge in [0.1, 0.15) is 11.5 Å². The minimum absolute atomic E-state index is 0.297. The molecule has 3 aromatic rings. The van der Waals surface area contributed by atoms with Crippen LogP contribution in [0.5, 0.6) is 0 Å². The van der Waals surface area contributed by atoms with Gasteiger partial charge in [0.2, 0.25) is 5.88 Å². The van der Waals surface area contributed by atoms with Gasteiger partial charge in [0, 0.05) is 38.3 Å². The largest absolute Gasteiger partial charge is 0.468 e. The number of aliphatic hydroxyl groups excluding tert-OH is 1. The van der Waals surface area contributed by atoms with Gasteiger partial charge in [-0.15, -0.1) is 0 Å². The van der Waals surface area contributed by atoms with Crippen molar-refractivity contribution in [2.45, 2.75) is 46.9 Å². The highest BCUT2D eigenvalue weighted by Crippen LogP contribution is 2.32. The highest BCUT2D eigenvalue weighted by molar-refractivity contribution is 5.68. The summed E-state index contributed by atoms with van der Waals surface area (Å²) in [6, 6.07) is 13.9. The Morgan fingerprint density at radius 1 is 1.00 bits per heavy atom. The van der Waals surface area contributed by atoms with Crippen molar-refractivity contribution in [2.75, 3.05) is 37.7 Å². The van der Waals surface area contributed by atoms with Crippen LogP contribution in [0.25, 0.3) is 11.3 Å². The number of benzene rings is 1. The lowest BCUT2D eigenvalue weighted by Gasteiger charge is -2.26. The Morgan fingerprint density at radius 3 is 2.39 bits per heavy atom. The second-order valence-electron chi connectivity index (χ2n) is 8.69. The molecule has 3 rings (SSSR count). The highest BCUT2D eigenvalue weighted by atomic mass is 16.5. The van der Waals surface area contributed by atoms with E-state index in [4.69, 9.17) is 13.7 Å². The Kier molecular flexibility index (Phi) is 9.54. The van der Waals surface area contributed by atoms with Gasteiger partial charge < -0.3 is 23.7 Å². The lowest BCUT2D eigenvalue weighted by Crippen LogP contribution is -2.35. The first-order valence-electron chi connectivity index (χ1n) is 11.8. The minimum Gasteiger partial charge on any atom is -0.468 e. The topological polar surface area (TPSA) is 75.1 Å². The van der Waals surface area contributed by atoms with Crippen LogP contribution in [0.2, 0.25) is 0 Å². The average Bonchev–Trinajstić information content (AvgIpc) is 3.45. The molecule has 0 amide bonds. The van der Waals surface area contributed by atoms with Crippen LogP contribution in [0.1, 0.15) is 39.0 Å². The summed E-state index contributed by atoms with van der Waals surface area (Å²) in [7, 11) is 0. The summed E-state index contributed by atoms with van der Waals surface area (Å²) in [5.41, 5.74) is 2.84. The molecule has 33 heavy (non-hydrogen) atoms. The number of aromatic nitrogens is 1. The first-order chi connectivity index (χ1) is 16.0. The molecule has 1 N–H and O–H groups in total. The summed E-state index contributed by atoms with van der Waals surface area (Å²) in [6.45, 7) is 12.5. The number of aliphatic hydroxyl groups is 1. The Labute approximate surface area is 196 Å². The van der Waals surface area contributed by atoms with Gasteiger partial charge in [0.05, 0.1) is 31.1 Å². The van der Waals surface area contributed by atoms with Gasteiger partial charge >= 0.3 is 0 Å².